The van der Waals surface area contributed by atoms with Gasteiger partial charge in [-0.05, 0) is 16.9 Å². The molecule has 0 heterocycles. The first-order chi connectivity index (χ1) is 11.4. The Morgan fingerprint density at radius 1 is 0.923 bits per heavy atom. The standard InChI is InChI=1S/C13H9.C10H16.2ClH.Zr/c1-3-7-12-10(5-1)9-11-6-2-4-8-13(11)12;1-8-5-6-9(7-8)10(2,3)4;;;/h1-5,7-8H,9H2;5-8H,1-4H3;2*1H;/q;;;;+2/p-2. The fourth-order valence-electron chi connectivity index (χ4n) is 3.31. The average molecular weight is 464 g/mol. The van der Waals surface area contributed by atoms with E-state index in [1.54, 1.807) is 5.56 Å². The molecule has 0 fully saturated rings. The van der Waals surface area contributed by atoms with Crippen LogP contribution >= 0.6 is 0 Å². The molecule has 135 valence electrons. The van der Waals surface area contributed by atoms with Crippen LogP contribution in [0.1, 0.15) is 38.8 Å². The number of benzene rings is 2. The van der Waals surface area contributed by atoms with Crippen LogP contribution in [0.15, 0.2) is 66.3 Å². The van der Waals surface area contributed by atoms with E-state index in [0.717, 1.165) is 6.42 Å². The monoisotopic (exact) mass is 461 g/mol. The SMILES string of the molecule is CC1C=CC(C(C)(C)C)=C1.[Cl-].[Cl-].[Zr+2][c]1cccc2c1Cc1ccccc1-2. The molecule has 0 aliphatic heterocycles. The van der Waals surface area contributed by atoms with Crippen LogP contribution in [-0.4, -0.2) is 0 Å². The third-order valence-corrected chi connectivity index (χ3v) is 5.89. The van der Waals surface area contributed by atoms with Gasteiger partial charge in [-0.2, -0.15) is 0 Å². The summed E-state index contributed by atoms with van der Waals surface area (Å²) >= 11 is 1.52. The van der Waals surface area contributed by atoms with Gasteiger partial charge in [0.2, 0.25) is 0 Å². The predicted molar refractivity (Wildman–Crippen MR) is 100 cm³/mol. The van der Waals surface area contributed by atoms with E-state index in [9.17, 15) is 0 Å². The van der Waals surface area contributed by atoms with Gasteiger partial charge in [0, 0.05) is 0 Å². The minimum absolute atomic E-state index is 0. The topological polar surface area (TPSA) is 0 Å². The van der Waals surface area contributed by atoms with Gasteiger partial charge in [-0.1, -0.05) is 45.9 Å². The van der Waals surface area contributed by atoms with Gasteiger partial charge in [0.15, 0.2) is 0 Å². The van der Waals surface area contributed by atoms with Gasteiger partial charge in [0.25, 0.3) is 0 Å². The van der Waals surface area contributed by atoms with Crippen LogP contribution in [0, 0.1) is 11.3 Å². The van der Waals surface area contributed by atoms with E-state index in [1.165, 1.54) is 50.3 Å². The van der Waals surface area contributed by atoms with E-state index in [0.29, 0.717) is 11.3 Å². The third kappa shape index (κ3) is 5.22. The number of rotatable bonds is 0. The molecule has 0 N–H and O–H groups in total. The molecule has 1 unspecified atom stereocenters. The van der Waals surface area contributed by atoms with Crippen LogP contribution in [-0.2, 0) is 31.1 Å². The van der Waals surface area contributed by atoms with E-state index < -0.39 is 0 Å². The summed E-state index contributed by atoms with van der Waals surface area (Å²) in [5, 5.41) is 0. The quantitative estimate of drug-likeness (QED) is 0.426. The Kier molecular flexibility index (Phi) is 8.59. The van der Waals surface area contributed by atoms with Crippen molar-refractivity contribution in [3.05, 3.63) is 77.4 Å². The number of halogens is 2. The Bertz CT molecular complexity index is 813. The minimum atomic E-state index is 0. The zero-order valence-corrected chi connectivity index (χ0v) is 19.8. The molecule has 2 aromatic rings. The van der Waals surface area contributed by atoms with Gasteiger partial charge >= 0.3 is 99.1 Å². The van der Waals surface area contributed by atoms with E-state index in [1.807, 2.05) is 0 Å². The first-order valence-corrected chi connectivity index (χ1v) is 9.91. The summed E-state index contributed by atoms with van der Waals surface area (Å²) in [5.41, 5.74) is 7.73. The van der Waals surface area contributed by atoms with Gasteiger partial charge in [0.1, 0.15) is 0 Å². The Labute approximate surface area is 185 Å². The van der Waals surface area contributed by atoms with E-state index in [2.05, 4.69) is 88.4 Å². The number of hydrogen-bond acceptors (Lipinski definition) is 0. The fourth-order valence-corrected chi connectivity index (χ4v) is 4.09. The number of allylic oxidation sites excluding steroid dienone is 4. The Balaban J connectivity index is 0.000000255. The summed E-state index contributed by atoms with van der Waals surface area (Å²) in [7, 11) is 0. The molecule has 0 amide bonds. The summed E-state index contributed by atoms with van der Waals surface area (Å²) < 4.78 is 1.51. The Morgan fingerprint density at radius 2 is 1.58 bits per heavy atom. The Morgan fingerprint density at radius 3 is 2.15 bits per heavy atom. The molecule has 0 nitrogen and oxygen atoms in total. The molecule has 0 saturated heterocycles. The maximum atomic E-state index is 2.33. The molecular formula is C23H25Cl2Zr. The van der Waals surface area contributed by atoms with E-state index >= 15 is 0 Å². The third-order valence-electron chi connectivity index (χ3n) is 4.74. The number of fused-ring (bicyclic) bond motifs is 3. The second-order valence-corrected chi connectivity index (χ2v) is 9.08. The van der Waals surface area contributed by atoms with Gasteiger partial charge in [0.05, 0.1) is 0 Å². The van der Waals surface area contributed by atoms with Crippen LogP contribution in [0.4, 0.5) is 0 Å². The van der Waals surface area contributed by atoms with Crippen molar-refractivity contribution in [3.63, 3.8) is 0 Å². The molecule has 2 aromatic carbocycles. The van der Waals surface area contributed by atoms with Crippen molar-refractivity contribution in [2.75, 3.05) is 0 Å². The van der Waals surface area contributed by atoms with Crippen molar-refractivity contribution in [2.45, 2.75) is 34.1 Å². The summed E-state index contributed by atoms with van der Waals surface area (Å²) in [6, 6.07) is 15.4. The fraction of sp³-hybridized carbons (Fsp3) is 0.304. The molecule has 2 aliphatic rings. The van der Waals surface area contributed by atoms with E-state index in [-0.39, 0.29) is 24.8 Å². The first kappa shape index (κ1) is 23.4. The average Bonchev–Trinajstić information content (AvgIpc) is 3.12. The second-order valence-electron chi connectivity index (χ2n) is 7.76. The van der Waals surface area contributed by atoms with Gasteiger partial charge in [-0.25, -0.2) is 0 Å². The van der Waals surface area contributed by atoms with Gasteiger partial charge < -0.3 is 24.8 Å². The molecule has 0 aromatic heterocycles. The molecule has 3 heteroatoms. The van der Waals surface area contributed by atoms with Gasteiger partial charge in [-0.15, -0.1) is 0 Å². The van der Waals surface area contributed by atoms with E-state index in [4.69, 9.17) is 0 Å². The number of hydrogen-bond donors (Lipinski definition) is 0. The van der Waals surface area contributed by atoms with Crippen LogP contribution in [0.2, 0.25) is 0 Å². The van der Waals surface area contributed by atoms with Crippen molar-refractivity contribution in [1.29, 1.82) is 0 Å². The van der Waals surface area contributed by atoms with Crippen molar-refractivity contribution in [3.8, 4) is 11.1 Å². The summed E-state index contributed by atoms with van der Waals surface area (Å²) in [4.78, 5) is 0. The van der Waals surface area contributed by atoms with Crippen LogP contribution in [0.5, 0.6) is 0 Å². The molecule has 26 heavy (non-hydrogen) atoms. The van der Waals surface area contributed by atoms with Crippen LogP contribution < -0.4 is 28.1 Å². The summed E-state index contributed by atoms with van der Waals surface area (Å²) in [5.74, 6) is 0.647. The van der Waals surface area contributed by atoms with Gasteiger partial charge in [-0.3, -0.25) is 0 Å². The van der Waals surface area contributed by atoms with Crippen LogP contribution in [0.3, 0.4) is 0 Å². The van der Waals surface area contributed by atoms with Crippen molar-refractivity contribution >= 4 is 3.27 Å². The molecule has 1 atom stereocenters. The molecule has 0 radical (unpaired) electrons. The van der Waals surface area contributed by atoms with Crippen molar-refractivity contribution < 1.29 is 49.5 Å². The van der Waals surface area contributed by atoms with Crippen molar-refractivity contribution in [1.82, 2.24) is 0 Å². The summed E-state index contributed by atoms with van der Waals surface area (Å²) in [6.07, 6.45) is 7.96. The first-order valence-electron chi connectivity index (χ1n) is 8.68. The normalized spacial score (nSPS) is 16.4. The molecule has 0 bridgehead atoms. The molecular weight excluding hydrogens is 438 g/mol. The predicted octanol–water partition coefficient (Wildman–Crippen LogP) is -0.397. The molecule has 4 rings (SSSR count). The van der Waals surface area contributed by atoms with Crippen LogP contribution in [0.25, 0.3) is 11.1 Å². The summed E-state index contributed by atoms with van der Waals surface area (Å²) in [6.45, 7) is 8.97. The zero-order chi connectivity index (χ0) is 17.3. The Hall–Kier alpha value is -0.617. The molecule has 2 aliphatic carbocycles. The van der Waals surface area contributed by atoms with Crippen molar-refractivity contribution in [2.24, 2.45) is 11.3 Å². The maximum absolute atomic E-state index is 2.33. The zero-order valence-electron chi connectivity index (χ0n) is 15.8. The molecule has 0 saturated carbocycles. The second kappa shape index (κ2) is 9.54. The molecule has 0 spiro atoms.